The number of nitrogens with one attached hydrogen (secondary N) is 1. The van der Waals surface area contributed by atoms with E-state index in [2.05, 4.69) is 10.3 Å². The fourth-order valence-corrected chi connectivity index (χ4v) is 2.21. The van der Waals surface area contributed by atoms with Crippen LogP contribution in [-0.4, -0.2) is 17.0 Å². The van der Waals surface area contributed by atoms with E-state index < -0.39 is 4.92 Å². The summed E-state index contributed by atoms with van der Waals surface area (Å²) >= 11 is 1.06. The Morgan fingerprint density at radius 3 is 2.85 bits per heavy atom. The van der Waals surface area contributed by atoms with Gasteiger partial charge in [-0.2, -0.15) is 0 Å². The number of thiophene rings is 1. The lowest BCUT2D eigenvalue weighted by atomic mass is 10.3. The Hall–Kier alpha value is -2.54. The van der Waals surface area contributed by atoms with Crippen molar-refractivity contribution < 1.29 is 9.72 Å². The van der Waals surface area contributed by atoms with Crippen LogP contribution in [0.25, 0.3) is 0 Å². The number of rotatable bonds is 4. The van der Waals surface area contributed by atoms with E-state index in [0.29, 0.717) is 16.3 Å². The molecule has 2 aromatic rings. The van der Waals surface area contributed by atoms with Crippen molar-refractivity contribution in [3.8, 4) is 0 Å². The normalized spacial score (nSPS) is 10.7. The van der Waals surface area contributed by atoms with E-state index in [9.17, 15) is 14.9 Å². The Labute approximate surface area is 118 Å². The lowest BCUT2D eigenvalue weighted by Gasteiger charge is -2.01. The van der Waals surface area contributed by atoms with Gasteiger partial charge in [0, 0.05) is 24.9 Å². The Morgan fingerprint density at radius 2 is 2.20 bits per heavy atom. The van der Waals surface area contributed by atoms with Crippen molar-refractivity contribution in [3.63, 3.8) is 0 Å². The van der Waals surface area contributed by atoms with Crippen LogP contribution < -0.4 is 5.32 Å². The van der Waals surface area contributed by atoms with Crippen molar-refractivity contribution in [2.45, 2.75) is 6.92 Å². The maximum atomic E-state index is 11.0. The van der Waals surface area contributed by atoms with Crippen LogP contribution in [0.5, 0.6) is 0 Å². The topological polar surface area (TPSA) is 84.6 Å². The minimum Gasteiger partial charge on any atom is -0.326 e. The van der Waals surface area contributed by atoms with Crippen molar-refractivity contribution in [2.24, 2.45) is 4.99 Å². The van der Waals surface area contributed by atoms with E-state index >= 15 is 0 Å². The highest BCUT2D eigenvalue weighted by Gasteiger charge is 2.07. The van der Waals surface area contributed by atoms with E-state index in [1.165, 1.54) is 13.0 Å². The number of carbonyl (C=O) groups excluding carboxylic acids is 1. The third-order valence-corrected chi connectivity index (χ3v) is 3.27. The summed E-state index contributed by atoms with van der Waals surface area (Å²) in [5.74, 6) is -0.153. The van der Waals surface area contributed by atoms with Crippen LogP contribution in [0.4, 0.5) is 16.4 Å². The maximum Gasteiger partial charge on any atom is 0.324 e. The zero-order valence-electron chi connectivity index (χ0n) is 10.6. The van der Waals surface area contributed by atoms with Crippen LogP contribution in [0, 0.1) is 10.1 Å². The summed E-state index contributed by atoms with van der Waals surface area (Å²) in [6, 6.07) is 10.1. The molecule has 2 rings (SSSR count). The predicted octanol–water partition coefficient (Wildman–Crippen LogP) is 3.37. The van der Waals surface area contributed by atoms with Crippen molar-refractivity contribution in [2.75, 3.05) is 5.32 Å². The molecule has 0 unspecified atom stereocenters. The fourth-order valence-electron chi connectivity index (χ4n) is 1.52. The van der Waals surface area contributed by atoms with Gasteiger partial charge in [0.05, 0.1) is 15.5 Å². The molecule has 0 fully saturated rings. The molecule has 102 valence electrons. The minimum atomic E-state index is -0.431. The van der Waals surface area contributed by atoms with Crippen molar-refractivity contribution in [3.05, 3.63) is 51.4 Å². The summed E-state index contributed by atoms with van der Waals surface area (Å²) in [4.78, 5) is 26.0. The first kappa shape index (κ1) is 13.9. The number of nitro groups is 1. The quantitative estimate of drug-likeness (QED) is 0.532. The first-order chi connectivity index (χ1) is 9.54. The number of carbonyl (C=O) groups is 1. The molecule has 1 amide bonds. The molecule has 0 aliphatic heterocycles. The van der Waals surface area contributed by atoms with Gasteiger partial charge in [-0.3, -0.25) is 19.9 Å². The number of hydrogen-bond donors (Lipinski definition) is 1. The fraction of sp³-hybridized carbons (Fsp3) is 0.0769. The molecule has 7 heteroatoms. The molecule has 1 N–H and O–H groups in total. The van der Waals surface area contributed by atoms with Gasteiger partial charge in [0.15, 0.2) is 0 Å². The SMILES string of the molecule is CC(=O)Nc1cccc(N=Cc2ccc([N+](=O)[O-])s2)c1. The highest BCUT2D eigenvalue weighted by atomic mass is 32.1. The molecule has 0 aliphatic rings. The Balaban J connectivity index is 2.14. The Kier molecular flexibility index (Phi) is 4.21. The number of aliphatic imine (C=N–C) groups is 1. The average molecular weight is 289 g/mol. The van der Waals surface area contributed by atoms with Crippen molar-refractivity contribution in [1.82, 2.24) is 0 Å². The third-order valence-electron chi connectivity index (χ3n) is 2.30. The molecule has 1 heterocycles. The van der Waals surface area contributed by atoms with Gasteiger partial charge in [-0.25, -0.2) is 0 Å². The largest absolute Gasteiger partial charge is 0.326 e. The molecule has 0 bridgehead atoms. The third kappa shape index (κ3) is 3.72. The second-order valence-electron chi connectivity index (χ2n) is 3.92. The second-order valence-corrected chi connectivity index (χ2v) is 5.02. The Morgan fingerprint density at radius 1 is 1.40 bits per heavy atom. The van der Waals surface area contributed by atoms with E-state index in [1.807, 2.05) is 0 Å². The van der Waals surface area contributed by atoms with Gasteiger partial charge in [0.1, 0.15) is 0 Å². The van der Waals surface area contributed by atoms with E-state index in [4.69, 9.17) is 0 Å². The summed E-state index contributed by atoms with van der Waals surface area (Å²) in [7, 11) is 0. The molecule has 0 radical (unpaired) electrons. The molecular weight excluding hydrogens is 278 g/mol. The molecule has 0 aliphatic carbocycles. The molecular formula is C13H11N3O3S. The lowest BCUT2D eigenvalue weighted by Crippen LogP contribution is -2.05. The number of anilines is 1. The van der Waals surface area contributed by atoms with Gasteiger partial charge < -0.3 is 5.32 Å². The summed E-state index contributed by atoms with van der Waals surface area (Å²) in [5.41, 5.74) is 1.32. The molecule has 0 saturated heterocycles. The standard InChI is InChI=1S/C13H11N3O3S/c1-9(17)15-11-4-2-3-10(7-11)14-8-12-5-6-13(20-12)16(18)19/h2-8H,1H3,(H,15,17). The van der Waals surface area contributed by atoms with Crippen molar-refractivity contribution >= 4 is 39.8 Å². The monoisotopic (exact) mass is 289 g/mol. The molecule has 1 aromatic heterocycles. The molecule has 0 spiro atoms. The van der Waals surface area contributed by atoms with Crippen LogP contribution >= 0.6 is 11.3 Å². The minimum absolute atomic E-state index is 0.0819. The smallest absolute Gasteiger partial charge is 0.324 e. The number of nitrogens with zero attached hydrogens (tertiary/aromatic N) is 2. The van der Waals surface area contributed by atoms with Crippen molar-refractivity contribution in [1.29, 1.82) is 0 Å². The van der Waals surface area contributed by atoms with Gasteiger partial charge in [-0.15, -0.1) is 0 Å². The maximum absolute atomic E-state index is 11.0. The zero-order valence-corrected chi connectivity index (χ0v) is 11.4. The first-order valence-corrected chi connectivity index (χ1v) is 6.52. The van der Waals surface area contributed by atoms with Crippen LogP contribution in [0.15, 0.2) is 41.4 Å². The van der Waals surface area contributed by atoms with Gasteiger partial charge >= 0.3 is 5.00 Å². The van der Waals surface area contributed by atoms with Crippen LogP contribution in [0.3, 0.4) is 0 Å². The van der Waals surface area contributed by atoms with Gasteiger partial charge in [0.2, 0.25) is 5.91 Å². The van der Waals surface area contributed by atoms with Gasteiger partial charge in [0.25, 0.3) is 0 Å². The van der Waals surface area contributed by atoms with Crippen LogP contribution in [0.1, 0.15) is 11.8 Å². The van der Waals surface area contributed by atoms with Gasteiger partial charge in [-0.1, -0.05) is 17.4 Å². The lowest BCUT2D eigenvalue weighted by molar-refractivity contribution is -0.380. The van der Waals surface area contributed by atoms with Crippen LogP contribution in [0.2, 0.25) is 0 Å². The Bertz CT molecular complexity index is 679. The first-order valence-electron chi connectivity index (χ1n) is 5.70. The molecule has 20 heavy (non-hydrogen) atoms. The summed E-state index contributed by atoms with van der Waals surface area (Å²) in [6.45, 7) is 1.43. The second kappa shape index (κ2) is 6.07. The summed E-state index contributed by atoms with van der Waals surface area (Å²) in [5, 5.41) is 13.3. The summed E-state index contributed by atoms with van der Waals surface area (Å²) in [6.07, 6.45) is 1.56. The molecule has 6 nitrogen and oxygen atoms in total. The zero-order chi connectivity index (χ0) is 14.5. The van der Waals surface area contributed by atoms with E-state index in [1.54, 1.807) is 36.5 Å². The highest BCUT2D eigenvalue weighted by Crippen LogP contribution is 2.24. The van der Waals surface area contributed by atoms with Crippen LogP contribution in [-0.2, 0) is 4.79 Å². The predicted molar refractivity (Wildman–Crippen MR) is 79.0 cm³/mol. The number of benzene rings is 1. The summed E-state index contributed by atoms with van der Waals surface area (Å²) < 4.78 is 0. The average Bonchev–Trinajstić information content (AvgIpc) is 2.85. The van der Waals surface area contributed by atoms with E-state index in [0.717, 1.165) is 11.3 Å². The molecule has 0 atom stereocenters. The highest BCUT2D eigenvalue weighted by molar-refractivity contribution is 7.16. The molecule has 1 aromatic carbocycles. The van der Waals surface area contributed by atoms with E-state index in [-0.39, 0.29) is 10.9 Å². The molecule has 0 saturated carbocycles. The number of hydrogen-bond acceptors (Lipinski definition) is 5. The van der Waals surface area contributed by atoms with Gasteiger partial charge in [-0.05, 0) is 24.3 Å². The number of amides is 1.